The standard InChI is InChI=1S/C15H22N2O2/c1-3-14(15(16)18)11-7-8-17(10-11)12-5-4-6-13(9-12)19-2/h4-6,9,11,14H,3,7-8,10H2,1-2H3,(H2,16,18). The zero-order chi connectivity index (χ0) is 13.8. The van der Waals surface area contributed by atoms with Gasteiger partial charge in [-0.05, 0) is 30.9 Å². The lowest BCUT2D eigenvalue weighted by Crippen LogP contribution is -2.31. The van der Waals surface area contributed by atoms with Gasteiger partial charge in [-0.25, -0.2) is 0 Å². The van der Waals surface area contributed by atoms with Gasteiger partial charge in [0.05, 0.1) is 7.11 Å². The molecule has 0 spiro atoms. The van der Waals surface area contributed by atoms with Gasteiger partial charge in [0.25, 0.3) is 0 Å². The Morgan fingerprint density at radius 3 is 3.00 bits per heavy atom. The van der Waals surface area contributed by atoms with E-state index in [1.807, 2.05) is 25.1 Å². The highest BCUT2D eigenvalue weighted by atomic mass is 16.5. The Balaban J connectivity index is 2.07. The highest BCUT2D eigenvalue weighted by Crippen LogP contribution is 2.31. The first-order valence-corrected chi connectivity index (χ1v) is 6.84. The van der Waals surface area contributed by atoms with Crippen LogP contribution < -0.4 is 15.4 Å². The summed E-state index contributed by atoms with van der Waals surface area (Å²) in [6.45, 7) is 3.90. The van der Waals surface area contributed by atoms with Gasteiger partial charge in [0.15, 0.2) is 0 Å². The zero-order valence-electron chi connectivity index (χ0n) is 11.6. The van der Waals surface area contributed by atoms with Crippen molar-refractivity contribution in [2.75, 3.05) is 25.1 Å². The van der Waals surface area contributed by atoms with Crippen LogP contribution in [0.4, 0.5) is 5.69 Å². The number of rotatable bonds is 5. The minimum atomic E-state index is -0.167. The molecule has 2 rings (SSSR count). The van der Waals surface area contributed by atoms with Crippen LogP contribution in [0.15, 0.2) is 24.3 Å². The number of carbonyl (C=O) groups is 1. The number of carbonyl (C=O) groups excluding carboxylic acids is 1. The quantitative estimate of drug-likeness (QED) is 0.883. The molecular weight excluding hydrogens is 240 g/mol. The Labute approximate surface area is 114 Å². The average molecular weight is 262 g/mol. The Kier molecular flexibility index (Phi) is 4.30. The fraction of sp³-hybridized carbons (Fsp3) is 0.533. The number of nitrogens with two attached hydrogens (primary N) is 1. The molecule has 1 saturated heterocycles. The van der Waals surface area contributed by atoms with Gasteiger partial charge in [-0.3, -0.25) is 4.79 Å². The summed E-state index contributed by atoms with van der Waals surface area (Å²) in [5.41, 5.74) is 6.63. The maximum absolute atomic E-state index is 11.4. The molecule has 1 aliphatic rings. The molecule has 4 heteroatoms. The largest absolute Gasteiger partial charge is 0.497 e. The summed E-state index contributed by atoms with van der Waals surface area (Å²) in [7, 11) is 1.67. The normalized spacial score (nSPS) is 20.3. The fourth-order valence-electron chi connectivity index (χ4n) is 2.92. The van der Waals surface area contributed by atoms with Crippen LogP contribution in [0, 0.1) is 11.8 Å². The number of benzene rings is 1. The molecule has 104 valence electrons. The van der Waals surface area contributed by atoms with Crippen molar-refractivity contribution in [2.45, 2.75) is 19.8 Å². The lowest BCUT2D eigenvalue weighted by Gasteiger charge is -2.22. The first-order valence-electron chi connectivity index (χ1n) is 6.84. The van der Waals surface area contributed by atoms with E-state index in [2.05, 4.69) is 11.0 Å². The van der Waals surface area contributed by atoms with Gasteiger partial charge < -0.3 is 15.4 Å². The minimum Gasteiger partial charge on any atom is -0.497 e. The number of hydrogen-bond donors (Lipinski definition) is 1. The maximum atomic E-state index is 11.4. The maximum Gasteiger partial charge on any atom is 0.220 e. The molecule has 1 fully saturated rings. The van der Waals surface area contributed by atoms with E-state index in [0.717, 1.165) is 37.4 Å². The van der Waals surface area contributed by atoms with Gasteiger partial charge >= 0.3 is 0 Å². The van der Waals surface area contributed by atoms with Gasteiger partial charge in [0.1, 0.15) is 5.75 Å². The summed E-state index contributed by atoms with van der Waals surface area (Å²) in [5, 5.41) is 0. The van der Waals surface area contributed by atoms with E-state index in [-0.39, 0.29) is 11.8 Å². The molecule has 1 aliphatic heterocycles. The predicted molar refractivity (Wildman–Crippen MR) is 76.3 cm³/mol. The van der Waals surface area contributed by atoms with Crippen LogP contribution in [0.25, 0.3) is 0 Å². The van der Waals surface area contributed by atoms with Gasteiger partial charge in [0.2, 0.25) is 5.91 Å². The average Bonchev–Trinajstić information content (AvgIpc) is 2.89. The van der Waals surface area contributed by atoms with E-state index in [1.54, 1.807) is 7.11 Å². The minimum absolute atomic E-state index is 0.00407. The summed E-state index contributed by atoms with van der Waals surface area (Å²) < 4.78 is 5.25. The SMILES string of the molecule is CCC(C(N)=O)C1CCN(c2cccc(OC)c2)C1. The number of hydrogen-bond acceptors (Lipinski definition) is 3. The Morgan fingerprint density at radius 2 is 2.37 bits per heavy atom. The van der Waals surface area contributed by atoms with Crippen LogP contribution in [0.1, 0.15) is 19.8 Å². The molecule has 0 aliphatic carbocycles. The molecule has 0 saturated carbocycles. The van der Waals surface area contributed by atoms with Gasteiger partial charge in [-0.2, -0.15) is 0 Å². The van der Waals surface area contributed by atoms with Crippen LogP contribution in [0.5, 0.6) is 5.75 Å². The van der Waals surface area contributed by atoms with E-state index in [0.29, 0.717) is 5.92 Å². The number of methoxy groups -OCH3 is 1. The molecule has 1 aromatic carbocycles. The van der Waals surface area contributed by atoms with Crippen LogP contribution >= 0.6 is 0 Å². The van der Waals surface area contributed by atoms with Gasteiger partial charge in [-0.1, -0.05) is 13.0 Å². The van der Waals surface area contributed by atoms with Crippen LogP contribution in [-0.2, 0) is 4.79 Å². The number of nitrogens with zero attached hydrogens (tertiary/aromatic N) is 1. The number of anilines is 1. The molecule has 2 atom stereocenters. The monoisotopic (exact) mass is 262 g/mol. The molecule has 1 aromatic rings. The summed E-state index contributed by atoms with van der Waals surface area (Å²) in [6, 6.07) is 8.05. The third-order valence-electron chi connectivity index (χ3n) is 4.02. The molecule has 2 N–H and O–H groups in total. The topological polar surface area (TPSA) is 55.6 Å². The highest BCUT2D eigenvalue weighted by molar-refractivity contribution is 5.77. The first-order chi connectivity index (χ1) is 9.15. The van der Waals surface area contributed by atoms with Gasteiger partial charge in [0, 0.05) is 30.8 Å². The molecule has 0 aromatic heterocycles. The second-order valence-corrected chi connectivity index (χ2v) is 5.11. The van der Waals surface area contributed by atoms with Crippen LogP contribution in [0.3, 0.4) is 0 Å². The molecule has 0 radical (unpaired) electrons. The smallest absolute Gasteiger partial charge is 0.220 e. The zero-order valence-corrected chi connectivity index (χ0v) is 11.6. The Hall–Kier alpha value is -1.71. The molecule has 4 nitrogen and oxygen atoms in total. The van der Waals surface area contributed by atoms with E-state index in [1.165, 1.54) is 0 Å². The van der Waals surface area contributed by atoms with E-state index < -0.39 is 0 Å². The lowest BCUT2D eigenvalue weighted by molar-refractivity contribution is -0.123. The summed E-state index contributed by atoms with van der Waals surface area (Å²) in [6.07, 6.45) is 1.85. The van der Waals surface area contributed by atoms with Crippen LogP contribution in [-0.4, -0.2) is 26.1 Å². The van der Waals surface area contributed by atoms with E-state index >= 15 is 0 Å². The summed E-state index contributed by atoms with van der Waals surface area (Å²) in [4.78, 5) is 13.7. The first kappa shape index (κ1) is 13.7. The molecule has 1 amide bonds. The van der Waals surface area contributed by atoms with Crippen molar-refractivity contribution in [1.29, 1.82) is 0 Å². The molecule has 1 heterocycles. The van der Waals surface area contributed by atoms with E-state index in [4.69, 9.17) is 10.5 Å². The van der Waals surface area contributed by atoms with Gasteiger partial charge in [-0.15, -0.1) is 0 Å². The van der Waals surface area contributed by atoms with Crippen molar-refractivity contribution in [2.24, 2.45) is 17.6 Å². The third-order valence-corrected chi connectivity index (χ3v) is 4.02. The lowest BCUT2D eigenvalue weighted by atomic mass is 9.89. The second-order valence-electron chi connectivity index (χ2n) is 5.11. The van der Waals surface area contributed by atoms with Crippen molar-refractivity contribution in [3.05, 3.63) is 24.3 Å². The van der Waals surface area contributed by atoms with Crippen molar-refractivity contribution in [3.63, 3.8) is 0 Å². The Morgan fingerprint density at radius 1 is 1.58 bits per heavy atom. The van der Waals surface area contributed by atoms with Crippen molar-refractivity contribution < 1.29 is 9.53 Å². The fourth-order valence-corrected chi connectivity index (χ4v) is 2.92. The molecule has 0 bridgehead atoms. The molecule has 2 unspecified atom stereocenters. The number of ether oxygens (including phenoxy) is 1. The highest BCUT2D eigenvalue weighted by Gasteiger charge is 2.31. The van der Waals surface area contributed by atoms with Crippen molar-refractivity contribution in [3.8, 4) is 5.75 Å². The Bertz CT molecular complexity index is 448. The molecular formula is C15H22N2O2. The predicted octanol–water partition coefficient (Wildman–Crippen LogP) is 2.03. The van der Waals surface area contributed by atoms with Crippen molar-refractivity contribution >= 4 is 11.6 Å². The van der Waals surface area contributed by atoms with E-state index in [9.17, 15) is 4.79 Å². The second kappa shape index (κ2) is 5.95. The number of amides is 1. The summed E-state index contributed by atoms with van der Waals surface area (Å²) >= 11 is 0. The number of primary amides is 1. The molecule has 19 heavy (non-hydrogen) atoms. The van der Waals surface area contributed by atoms with Crippen LogP contribution in [0.2, 0.25) is 0 Å². The summed E-state index contributed by atoms with van der Waals surface area (Å²) in [5.74, 6) is 1.06. The van der Waals surface area contributed by atoms with Crippen molar-refractivity contribution in [1.82, 2.24) is 0 Å². The third kappa shape index (κ3) is 3.00.